The number of fused-ring (bicyclic) bond motifs is 1. The van der Waals surface area contributed by atoms with Gasteiger partial charge in [-0.1, -0.05) is 44.5 Å². The maximum Gasteiger partial charge on any atom is 0.250 e. The van der Waals surface area contributed by atoms with Crippen molar-refractivity contribution >= 4 is 11.0 Å². The summed E-state index contributed by atoms with van der Waals surface area (Å²) < 4.78 is 11.9. The highest BCUT2D eigenvalue weighted by atomic mass is 16.5. The highest BCUT2D eigenvalue weighted by Gasteiger charge is 2.21. The number of pyridine rings is 1. The van der Waals surface area contributed by atoms with Gasteiger partial charge < -0.3 is 14.5 Å². The maximum atomic E-state index is 12.0. The lowest BCUT2D eigenvalue weighted by Gasteiger charge is -2.24. The van der Waals surface area contributed by atoms with E-state index < -0.39 is 0 Å². The minimum absolute atomic E-state index is 0.0630. The molecule has 0 aliphatic rings. The number of hydrogen-bond donors (Lipinski definition) is 2. The Bertz CT molecular complexity index is 1280. The van der Waals surface area contributed by atoms with Crippen LogP contribution < -0.4 is 15.0 Å². The van der Waals surface area contributed by atoms with Crippen LogP contribution in [-0.4, -0.2) is 22.3 Å². The number of benzene rings is 2. The molecule has 6 heteroatoms. The number of hydrogen-bond acceptors (Lipinski definition) is 4. The summed E-state index contributed by atoms with van der Waals surface area (Å²) in [5, 5.41) is 7.71. The predicted octanol–water partition coefficient (Wildman–Crippen LogP) is 5.33. The molecule has 0 unspecified atom stereocenters. The van der Waals surface area contributed by atoms with Crippen LogP contribution in [0.15, 0.2) is 53.5 Å². The summed E-state index contributed by atoms with van der Waals surface area (Å²) in [5.41, 5.74) is 4.18. The fourth-order valence-electron chi connectivity index (χ4n) is 3.55. The summed E-state index contributed by atoms with van der Waals surface area (Å²) in [5.74, 6) is 2.00. The molecule has 4 rings (SSSR count). The zero-order valence-corrected chi connectivity index (χ0v) is 17.8. The van der Waals surface area contributed by atoms with Crippen LogP contribution in [-0.2, 0) is 5.41 Å². The van der Waals surface area contributed by atoms with Crippen molar-refractivity contribution in [3.8, 4) is 28.4 Å². The molecule has 0 aliphatic heterocycles. The quantitative estimate of drug-likeness (QED) is 0.483. The predicted molar refractivity (Wildman–Crippen MR) is 119 cm³/mol. The summed E-state index contributed by atoms with van der Waals surface area (Å²) in [6, 6.07) is 13.4. The van der Waals surface area contributed by atoms with Crippen LogP contribution in [0.4, 0.5) is 0 Å². The molecule has 0 aliphatic carbocycles. The number of nitrogens with one attached hydrogen (secondary N) is 2. The number of aryl methyl sites for hydroxylation is 1. The Morgan fingerprint density at radius 3 is 2.47 bits per heavy atom. The largest absolute Gasteiger partial charge is 0.493 e. The molecule has 0 bridgehead atoms. The Morgan fingerprint density at radius 1 is 0.967 bits per heavy atom. The summed E-state index contributed by atoms with van der Waals surface area (Å²) in [7, 11) is 1.61. The number of nitrogens with zero attached hydrogens (tertiary/aromatic N) is 1. The van der Waals surface area contributed by atoms with Crippen molar-refractivity contribution in [3.05, 3.63) is 70.1 Å². The van der Waals surface area contributed by atoms with Crippen molar-refractivity contribution in [1.82, 2.24) is 15.2 Å². The number of aromatic nitrogens is 3. The third-order valence-corrected chi connectivity index (χ3v) is 5.09. The van der Waals surface area contributed by atoms with Gasteiger partial charge in [-0.2, -0.15) is 5.10 Å². The molecule has 154 valence electrons. The summed E-state index contributed by atoms with van der Waals surface area (Å²) >= 11 is 0. The Balaban J connectivity index is 1.78. The average molecular weight is 403 g/mol. The molecular formula is C24H25N3O3. The van der Waals surface area contributed by atoms with Gasteiger partial charge in [-0.05, 0) is 41.7 Å². The van der Waals surface area contributed by atoms with Crippen molar-refractivity contribution in [1.29, 1.82) is 0 Å². The lowest BCUT2D eigenvalue weighted by atomic mass is 9.85. The van der Waals surface area contributed by atoms with E-state index in [-0.39, 0.29) is 11.0 Å². The summed E-state index contributed by atoms with van der Waals surface area (Å²) in [6.45, 7) is 8.57. The van der Waals surface area contributed by atoms with Crippen LogP contribution in [0.5, 0.6) is 17.2 Å². The van der Waals surface area contributed by atoms with Crippen LogP contribution >= 0.6 is 0 Å². The lowest BCUT2D eigenvalue weighted by molar-refractivity contribution is 0.374. The second-order valence-corrected chi connectivity index (χ2v) is 8.41. The second-order valence-electron chi connectivity index (χ2n) is 8.41. The minimum atomic E-state index is -0.210. The molecule has 2 aromatic carbocycles. The van der Waals surface area contributed by atoms with Gasteiger partial charge in [0, 0.05) is 23.2 Å². The van der Waals surface area contributed by atoms with Crippen LogP contribution in [0.3, 0.4) is 0 Å². The number of methoxy groups -OCH3 is 1. The first-order chi connectivity index (χ1) is 14.3. The summed E-state index contributed by atoms with van der Waals surface area (Å²) in [6.07, 6.45) is 1.76. The van der Waals surface area contributed by atoms with Crippen molar-refractivity contribution in [2.45, 2.75) is 33.1 Å². The smallest absolute Gasteiger partial charge is 0.250 e. The van der Waals surface area contributed by atoms with Gasteiger partial charge in [0.1, 0.15) is 5.75 Å². The number of aromatic amines is 2. The van der Waals surface area contributed by atoms with E-state index in [0.29, 0.717) is 17.1 Å². The van der Waals surface area contributed by atoms with E-state index in [1.165, 1.54) is 5.56 Å². The Labute approximate surface area is 174 Å². The molecule has 4 aromatic rings. The highest BCUT2D eigenvalue weighted by molar-refractivity contribution is 5.92. The maximum absolute atomic E-state index is 12.0. The van der Waals surface area contributed by atoms with E-state index in [0.717, 1.165) is 27.8 Å². The molecule has 0 amide bonds. The van der Waals surface area contributed by atoms with Crippen LogP contribution in [0.1, 0.15) is 31.9 Å². The van der Waals surface area contributed by atoms with Crippen LogP contribution in [0.25, 0.3) is 22.2 Å². The first-order valence-electron chi connectivity index (χ1n) is 9.80. The fourth-order valence-corrected chi connectivity index (χ4v) is 3.55. The number of H-pyrrole nitrogens is 2. The summed E-state index contributed by atoms with van der Waals surface area (Å²) in [4.78, 5) is 14.8. The van der Waals surface area contributed by atoms with Gasteiger partial charge in [-0.3, -0.25) is 9.89 Å². The van der Waals surface area contributed by atoms with Gasteiger partial charge in [-0.15, -0.1) is 0 Å². The lowest BCUT2D eigenvalue weighted by Crippen LogP contribution is -2.13. The van der Waals surface area contributed by atoms with E-state index in [4.69, 9.17) is 9.47 Å². The monoisotopic (exact) mass is 403 g/mol. The molecule has 0 saturated heterocycles. The minimum Gasteiger partial charge on any atom is -0.493 e. The first kappa shape index (κ1) is 19.8. The second kappa shape index (κ2) is 7.37. The fraction of sp³-hybridized carbons (Fsp3) is 0.250. The molecule has 0 saturated carbocycles. The van der Waals surface area contributed by atoms with Crippen molar-refractivity contribution in [2.75, 3.05) is 7.11 Å². The molecule has 2 heterocycles. The van der Waals surface area contributed by atoms with E-state index >= 15 is 0 Å². The number of ether oxygens (including phenoxy) is 2. The Morgan fingerprint density at radius 2 is 1.73 bits per heavy atom. The SMILES string of the molecule is COc1cc(-c2cc(=O)[nH]c3n[nH]cc23)ccc1Oc1ccc(C)cc1C(C)(C)C. The van der Waals surface area contributed by atoms with Gasteiger partial charge >= 0.3 is 0 Å². The van der Waals surface area contributed by atoms with E-state index in [1.807, 2.05) is 30.3 Å². The average Bonchev–Trinajstić information content (AvgIpc) is 3.16. The molecule has 2 N–H and O–H groups in total. The highest BCUT2D eigenvalue weighted by Crippen LogP contribution is 2.40. The first-order valence-corrected chi connectivity index (χ1v) is 9.80. The Kier molecular flexibility index (Phi) is 4.86. The molecule has 0 spiro atoms. The van der Waals surface area contributed by atoms with Crippen molar-refractivity contribution in [3.63, 3.8) is 0 Å². The van der Waals surface area contributed by atoms with Gasteiger partial charge in [0.25, 0.3) is 0 Å². The zero-order valence-electron chi connectivity index (χ0n) is 17.8. The van der Waals surface area contributed by atoms with E-state index in [2.05, 4.69) is 48.9 Å². The molecule has 0 radical (unpaired) electrons. The van der Waals surface area contributed by atoms with Gasteiger partial charge in [-0.25, -0.2) is 0 Å². The van der Waals surface area contributed by atoms with Gasteiger partial charge in [0.15, 0.2) is 17.1 Å². The standard InChI is InChI=1S/C24H25N3O3/c1-14-6-8-19(18(10-14)24(2,3)4)30-20-9-7-15(11-21(20)29-5)16-12-22(28)26-23-17(16)13-25-27-23/h6-13H,1-5H3,(H2,25,26,27,28). The molecule has 2 aromatic heterocycles. The number of rotatable bonds is 4. The van der Waals surface area contributed by atoms with E-state index in [9.17, 15) is 4.79 Å². The van der Waals surface area contributed by atoms with E-state index in [1.54, 1.807) is 19.4 Å². The van der Waals surface area contributed by atoms with Crippen LogP contribution in [0.2, 0.25) is 0 Å². The van der Waals surface area contributed by atoms with Crippen LogP contribution in [0, 0.1) is 6.92 Å². The van der Waals surface area contributed by atoms with Crippen molar-refractivity contribution < 1.29 is 9.47 Å². The molecular weight excluding hydrogens is 378 g/mol. The topological polar surface area (TPSA) is 80.0 Å². The van der Waals surface area contributed by atoms with Gasteiger partial charge in [0.2, 0.25) is 5.56 Å². The van der Waals surface area contributed by atoms with Crippen molar-refractivity contribution in [2.24, 2.45) is 0 Å². The third-order valence-electron chi connectivity index (χ3n) is 5.09. The molecule has 0 fully saturated rings. The zero-order chi connectivity index (χ0) is 21.5. The normalized spacial score (nSPS) is 11.6. The Hall–Kier alpha value is -3.54. The van der Waals surface area contributed by atoms with Gasteiger partial charge in [0.05, 0.1) is 7.11 Å². The molecule has 0 atom stereocenters. The molecule has 6 nitrogen and oxygen atoms in total. The third kappa shape index (κ3) is 3.68. The molecule has 30 heavy (non-hydrogen) atoms.